The largest absolute Gasteiger partial charge is 0.507 e. The summed E-state index contributed by atoms with van der Waals surface area (Å²) in [6.07, 6.45) is -15.5. The van der Waals surface area contributed by atoms with E-state index in [0.717, 1.165) is 0 Å². The van der Waals surface area contributed by atoms with Gasteiger partial charge in [-0.2, -0.15) is 0 Å². The molecular weight excluding hydrogens is 700 g/mol. The Bertz CT molecular complexity index is 1590. The van der Waals surface area contributed by atoms with E-state index in [2.05, 4.69) is 0 Å². The normalized spacial score (nSPS) is 37.4. The molecule has 52 heavy (non-hydrogen) atoms. The molecule has 0 aromatic heterocycles. The summed E-state index contributed by atoms with van der Waals surface area (Å²) < 4.78 is 50.4. The molecule has 0 saturated carbocycles. The van der Waals surface area contributed by atoms with Gasteiger partial charge < -0.3 is 88.6 Å². The molecule has 0 amide bonds. The zero-order valence-electron chi connectivity index (χ0n) is 28.0. The van der Waals surface area contributed by atoms with E-state index in [1.165, 1.54) is 38.5 Å². The van der Waals surface area contributed by atoms with E-state index in [1.807, 2.05) is 0 Å². The van der Waals surface area contributed by atoms with Crippen LogP contribution in [0.4, 0.5) is 0 Å². The van der Waals surface area contributed by atoms with Crippen LogP contribution in [0.2, 0.25) is 0 Å². The van der Waals surface area contributed by atoms with Crippen molar-refractivity contribution in [2.45, 2.75) is 79.2 Å². The molecule has 4 aliphatic rings. The Morgan fingerprint density at radius 1 is 0.865 bits per heavy atom. The highest BCUT2D eigenvalue weighted by molar-refractivity contribution is 6.02. The molecule has 0 radical (unpaired) electrons. The highest BCUT2D eigenvalue weighted by Gasteiger charge is 2.55. The number of rotatable bonds is 12. The summed E-state index contributed by atoms with van der Waals surface area (Å²) in [5.41, 5.74) is -3.61. The second kappa shape index (κ2) is 15.1. The number of aliphatic hydroxyl groups excluding tert-OH is 6. The van der Waals surface area contributed by atoms with Crippen LogP contribution in [0.1, 0.15) is 28.4 Å². The molecule has 3 fully saturated rings. The summed E-state index contributed by atoms with van der Waals surface area (Å²) in [5.74, 6) is -0.0810. The third-order valence-electron chi connectivity index (χ3n) is 9.51. The Morgan fingerprint density at radius 3 is 2.25 bits per heavy atom. The quantitative estimate of drug-likeness (QED) is 0.106. The van der Waals surface area contributed by atoms with E-state index in [4.69, 9.17) is 42.6 Å². The highest BCUT2D eigenvalue weighted by Crippen LogP contribution is 2.44. The first-order valence-electron chi connectivity index (χ1n) is 16.3. The molecule has 9 N–H and O–H groups in total. The van der Waals surface area contributed by atoms with Gasteiger partial charge in [-0.15, -0.1) is 0 Å². The number of phenols is 1. The van der Waals surface area contributed by atoms with Gasteiger partial charge in [0.1, 0.15) is 70.6 Å². The van der Waals surface area contributed by atoms with Gasteiger partial charge in [0, 0.05) is 12.1 Å². The molecule has 12 unspecified atom stereocenters. The molecule has 4 aliphatic heterocycles. The van der Waals surface area contributed by atoms with Gasteiger partial charge in [-0.05, 0) is 17.7 Å². The van der Waals surface area contributed by atoms with Crippen molar-refractivity contribution in [3.05, 3.63) is 41.5 Å². The van der Waals surface area contributed by atoms with Crippen molar-refractivity contribution in [2.24, 2.45) is 0 Å². The summed E-state index contributed by atoms with van der Waals surface area (Å²) in [4.78, 5) is 13.0. The summed E-state index contributed by atoms with van der Waals surface area (Å²) in [7, 11) is 2.74. The van der Waals surface area contributed by atoms with E-state index in [-0.39, 0.29) is 46.5 Å². The first-order valence-corrected chi connectivity index (χ1v) is 16.3. The van der Waals surface area contributed by atoms with Gasteiger partial charge in [0.25, 0.3) is 0 Å². The number of aromatic hydroxyl groups is 1. The van der Waals surface area contributed by atoms with Crippen molar-refractivity contribution in [3.8, 4) is 28.7 Å². The zero-order chi connectivity index (χ0) is 37.5. The predicted octanol–water partition coefficient (Wildman–Crippen LogP) is -2.78. The fourth-order valence-electron chi connectivity index (χ4n) is 6.33. The minimum Gasteiger partial charge on any atom is -0.507 e. The topological polar surface area (TPSA) is 282 Å². The number of aliphatic hydroxyl groups is 8. The third-order valence-corrected chi connectivity index (χ3v) is 9.51. The van der Waals surface area contributed by atoms with Crippen LogP contribution in [0, 0.1) is 0 Å². The predicted molar refractivity (Wildman–Crippen MR) is 168 cm³/mol. The molecule has 2 aromatic carbocycles. The zero-order valence-corrected chi connectivity index (χ0v) is 28.0. The lowest BCUT2D eigenvalue weighted by atomic mass is 9.95. The number of hydrogen-bond donors (Lipinski definition) is 9. The van der Waals surface area contributed by atoms with Crippen LogP contribution in [0.15, 0.2) is 30.3 Å². The van der Waals surface area contributed by atoms with Gasteiger partial charge in [-0.3, -0.25) is 4.79 Å². The highest BCUT2D eigenvalue weighted by atomic mass is 16.8. The number of hydrogen-bond acceptors (Lipinski definition) is 19. The SMILES string of the molecule is COc1cc(O)c2c(c1)OC(c1ccc(OC3OC(CO)C(O)C(O)C3OC3OCC(O)(COC4OCC(O)(CO)C4O)C3O)c(OC)c1)CC2=O. The maximum absolute atomic E-state index is 13.0. The molecule has 3 saturated heterocycles. The first kappa shape index (κ1) is 38.3. The average Bonchev–Trinajstić information content (AvgIpc) is 3.59. The van der Waals surface area contributed by atoms with Gasteiger partial charge in [-0.1, -0.05) is 6.07 Å². The third kappa shape index (κ3) is 7.12. The minimum absolute atomic E-state index is 0.0303. The maximum atomic E-state index is 13.0. The lowest BCUT2D eigenvalue weighted by molar-refractivity contribution is -0.319. The Morgan fingerprint density at radius 2 is 1.58 bits per heavy atom. The van der Waals surface area contributed by atoms with Crippen LogP contribution in [0.5, 0.6) is 28.7 Å². The van der Waals surface area contributed by atoms with Crippen LogP contribution in [0.3, 0.4) is 0 Å². The molecule has 19 heteroatoms. The summed E-state index contributed by atoms with van der Waals surface area (Å²) in [6, 6.07) is 7.36. The van der Waals surface area contributed by atoms with Gasteiger partial charge in [0.15, 0.2) is 36.0 Å². The molecule has 2 aromatic rings. The van der Waals surface area contributed by atoms with E-state index in [9.17, 15) is 50.8 Å². The summed E-state index contributed by atoms with van der Waals surface area (Å²) >= 11 is 0. The Balaban J connectivity index is 1.17. The average molecular weight is 743 g/mol. The van der Waals surface area contributed by atoms with Crippen LogP contribution >= 0.6 is 0 Å². The molecule has 4 heterocycles. The van der Waals surface area contributed by atoms with Gasteiger partial charge in [0.2, 0.25) is 6.29 Å². The van der Waals surface area contributed by atoms with E-state index < -0.39 is 106 Å². The second-order valence-corrected chi connectivity index (χ2v) is 13.0. The molecule has 12 atom stereocenters. The first-order chi connectivity index (χ1) is 24.7. The van der Waals surface area contributed by atoms with Crippen LogP contribution < -0.4 is 18.9 Å². The fraction of sp³-hybridized carbons (Fsp3) is 0.606. The Labute approximate surface area is 295 Å². The number of Topliss-reactive ketones (excluding diaryl/α,β-unsaturated/α-hetero) is 1. The van der Waals surface area contributed by atoms with E-state index in [0.29, 0.717) is 5.56 Å². The molecular formula is C33H42O19. The van der Waals surface area contributed by atoms with Crippen LogP contribution in [0.25, 0.3) is 0 Å². The van der Waals surface area contributed by atoms with Crippen molar-refractivity contribution in [1.29, 1.82) is 0 Å². The monoisotopic (exact) mass is 742 g/mol. The summed E-state index contributed by atoms with van der Waals surface area (Å²) in [6.45, 7) is -3.25. The standard InChI is InChI=1S/C33H42O19/c1-44-15-6-16(36)23-17(37)8-19(49-21(23)7-15)14-3-4-18(20(5-14)45-2)50-29-26(25(39)24(38)22(9-34)51-29)52-31-28(41)33(43,13-48-31)12-47-30-27(40)32(42,10-35)11-46-30/h3-7,19,22,24-31,34-36,38-43H,8-13H2,1-2H3. The van der Waals surface area contributed by atoms with Crippen LogP contribution in [-0.2, 0) is 23.7 Å². The van der Waals surface area contributed by atoms with Gasteiger partial charge in [-0.25, -0.2) is 0 Å². The Hall–Kier alpha value is -3.41. The number of ketones is 1. The maximum Gasteiger partial charge on any atom is 0.229 e. The van der Waals surface area contributed by atoms with Crippen molar-refractivity contribution >= 4 is 5.78 Å². The molecule has 0 bridgehead atoms. The van der Waals surface area contributed by atoms with Crippen molar-refractivity contribution in [3.63, 3.8) is 0 Å². The number of benzene rings is 2. The molecule has 6 rings (SSSR count). The summed E-state index contributed by atoms with van der Waals surface area (Å²) in [5, 5.41) is 93.7. The second-order valence-electron chi connectivity index (χ2n) is 13.0. The smallest absolute Gasteiger partial charge is 0.229 e. The van der Waals surface area contributed by atoms with Crippen molar-refractivity contribution in [1.82, 2.24) is 0 Å². The van der Waals surface area contributed by atoms with E-state index >= 15 is 0 Å². The van der Waals surface area contributed by atoms with E-state index in [1.54, 1.807) is 6.07 Å². The molecule has 288 valence electrons. The lowest BCUT2D eigenvalue weighted by Crippen LogP contribution is -2.62. The van der Waals surface area contributed by atoms with Crippen molar-refractivity contribution < 1.29 is 93.4 Å². The number of phenolic OH excluding ortho intramolecular Hbond substituents is 1. The van der Waals surface area contributed by atoms with Gasteiger partial charge in [0.05, 0.1) is 53.7 Å². The molecule has 0 spiro atoms. The number of ether oxygens (including phenoxy) is 9. The number of carbonyl (C=O) groups excluding carboxylic acids is 1. The molecule has 0 aliphatic carbocycles. The Kier molecular flexibility index (Phi) is 11.2. The van der Waals surface area contributed by atoms with Gasteiger partial charge >= 0.3 is 0 Å². The lowest BCUT2D eigenvalue weighted by Gasteiger charge is -2.42. The minimum atomic E-state index is -2.15. The fourth-order valence-corrected chi connectivity index (χ4v) is 6.33. The van der Waals surface area contributed by atoms with Crippen molar-refractivity contribution in [2.75, 3.05) is 47.3 Å². The number of methoxy groups -OCH3 is 2. The number of carbonyl (C=O) groups is 1. The molecule has 19 nitrogen and oxygen atoms in total. The van der Waals surface area contributed by atoms with Crippen LogP contribution in [-0.4, -0.2) is 166 Å². The number of fused-ring (bicyclic) bond motifs is 1.